The van der Waals surface area contributed by atoms with Gasteiger partial charge in [0.25, 0.3) is 10.1 Å². The van der Waals surface area contributed by atoms with Crippen LogP contribution in [0.25, 0.3) is 0 Å². The van der Waals surface area contributed by atoms with Gasteiger partial charge in [0, 0.05) is 5.41 Å². The van der Waals surface area contributed by atoms with Gasteiger partial charge in [-0.1, -0.05) is 20.8 Å². The lowest BCUT2D eigenvalue weighted by molar-refractivity contribution is -0.305. The van der Waals surface area contributed by atoms with E-state index in [1.807, 2.05) is 34.6 Å². The van der Waals surface area contributed by atoms with Crippen LogP contribution in [0.2, 0.25) is 0 Å². The monoisotopic (exact) mass is 280 g/mol. The molecule has 0 atom stereocenters. The lowest BCUT2D eigenvalue weighted by atomic mass is 9.67. The molecule has 108 valence electrons. The average molecular weight is 280 g/mol. The molecule has 1 fully saturated rings. The molecule has 1 rings (SSSR count). The van der Waals surface area contributed by atoms with Gasteiger partial charge in [-0.2, -0.15) is 8.42 Å². The van der Waals surface area contributed by atoms with Gasteiger partial charge >= 0.3 is 0 Å². The Morgan fingerprint density at radius 3 is 1.94 bits per heavy atom. The Morgan fingerprint density at radius 2 is 1.61 bits per heavy atom. The Bertz CT molecular complexity index is 381. The first-order valence-electron chi connectivity index (χ1n) is 5.99. The zero-order valence-electron chi connectivity index (χ0n) is 12.1. The lowest BCUT2D eigenvalue weighted by Crippen LogP contribution is -2.55. The molecule has 0 aromatic rings. The molecular weight excluding hydrogens is 256 g/mol. The topological polar surface area (TPSA) is 61.8 Å². The standard InChI is InChI=1S/C12H24O5S/c1-10(2,3)12(9-17-18(6,13)14)7-15-11(4,5)16-8-12/h7-9H2,1-6H3. The van der Waals surface area contributed by atoms with Gasteiger partial charge < -0.3 is 9.47 Å². The second kappa shape index (κ2) is 4.74. The van der Waals surface area contributed by atoms with E-state index in [1.165, 1.54) is 0 Å². The van der Waals surface area contributed by atoms with Crippen LogP contribution in [0.5, 0.6) is 0 Å². The molecule has 0 spiro atoms. The maximum atomic E-state index is 11.2. The van der Waals surface area contributed by atoms with E-state index in [2.05, 4.69) is 0 Å². The van der Waals surface area contributed by atoms with Crippen molar-refractivity contribution in [1.82, 2.24) is 0 Å². The van der Waals surface area contributed by atoms with E-state index in [4.69, 9.17) is 13.7 Å². The van der Waals surface area contributed by atoms with Gasteiger partial charge in [0.05, 0.1) is 26.1 Å². The summed E-state index contributed by atoms with van der Waals surface area (Å²) >= 11 is 0. The van der Waals surface area contributed by atoms with Crippen LogP contribution < -0.4 is 0 Å². The summed E-state index contributed by atoms with van der Waals surface area (Å²) in [7, 11) is -3.46. The van der Waals surface area contributed by atoms with Crippen molar-refractivity contribution >= 4 is 10.1 Å². The van der Waals surface area contributed by atoms with Gasteiger partial charge in [-0.15, -0.1) is 0 Å². The van der Waals surface area contributed by atoms with E-state index in [0.29, 0.717) is 13.2 Å². The third kappa shape index (κ3) is 3.91. The molecule has 1 saturated heterocycles. The minimum Gasteiger partial charge on any atom is -0.350 e. The van der Waals surface area contributed by atoms with Crippen LogP contribution in [0.3, 0.4) is 0 Å². The molecule has 0 bridgehead atoms. The third-order valence-corrected chi connectivity index (χ3v) is 4.08. The largest absolute Gasteiger partial charge is 0.350 e. The molecule has 5 nitrogen and oxygen atoms in total. The van der Waals surface area contributed by atoms with E-state index in [0.717, 1.165) is 6.26 Å². The Morgan fingerprint density at radius 1 is 1.17 bits per heavy atom. The van der Waals surface area contributed by atoms with Gasteiger partial charge in [-0.3, -0.25) is 4.18 Å². The Kier molecular flexibility index (Phi) is 4.18. The molecule has 0 amide bonds. The number of hydrogen-bond acceptors (Lipinski definition) is 5. The minimum atomic E-state index is -3.46. The SMILES string of the molecule is CC1(C)OCC(COS(C)(=O)=O)(C(C)(C)C)CO1. The summed E-state index contributed by atoms with van der Waals surface area (Å²) in [6.45, 7) is 10.7. The van der Waals surface area contributed by atoms with Crippen LogP contribution in [0.4, 0.5) is 0 Å². The molecule has 0 saturated carbocycles. The number of ether oxygens (including phenoxy) is 2. The molecule has 1 aliphatic heterocycles. The molecule has 18 heavy (non-hydrogen) atoms. The smallest absolute Gasteiger partial charge is 0.264 e. The van der Waals surface area contributed by atoms with Crippen molar-refractivity contribution < 1.29 is 22.1 Å². The van der Waals surface area contributed by atoms with Crippen molar-refractivity contribution in [2.45, 2.75) is 40.4 Å². The van der Waals surface area contributed by atoms with Crippen molar-refractivity contribution in [3.05, 3.63) is 0 Å². The van der Waals surface area contributed by atoms with Crippen LogP contribution in [-0.2, 0) is 23.8 Å². The summed E-state index contributed by atoms with van der Waals surface area (Å²) in [5, 5.41) is 0. The van der Waals surface area contributed by atoms with E-state index >= 15 is 0 Å². The van der Waals surface area contributed by atoms with E-state index < -0.39 is 21.3 Å². The summed E-state index contributed by atoms with van der Waals surface area (Å²) in [6.07, 6.45) is 1.05. The highest BCUT2D eigenvalue weighted by Crippen LogP contribution is 2.44. The van der Waals surface area contributed by atoms with Gasteiger partial charge in [0.1, 0.15) is 0 Å². The van der Waals surface area contributed by atoms with E-state index in [-0.39, 0.29) is 12.0 Å². The molecule has 1 aliphatic rings. The van der Waals surface area contributed by atoms with Crippen molar-refractivity contribution in [3.63, 3.8) is 0 Å². The van der Waals surface area contributed by atoms with E-state index in [1.54, 1.807) is 0 Å². The fourth-order valence-electron chi connectivity index (χ4n) is 1.66. The van der Waals surface area contributed by atoms with Crippen LogP contribution in [-0.4, -0.2) is 40.3 Å². The highest BCUT2D eigenvalue weighted by atomic mass is 32.2. The summed E-state index contributed by atoms with van der Waals surface area (Å²) in [5.74, 6) is -0.625. The average Bonchev–Trinajstić information content (AvgIpc) is 2.13. The number of hydrogen-bond donors (Lipinski definition) is 0. The maximum absolute atomic E-state index is 11.2. The molecular formula is C12H24O5S. The van der Waals surface area contributed by atoms with Crippen molar-refractivity contribution in [2.75, 3.05) is 26.1 Å². The predicted octanol–water partition coefficient (Wildman–Crippen LogP) is 1.78. The summed E-state index contributed by atoms with van der Waals surface area (Å²) < 4.78 is 38.7. The first kappa shape index (κ1) is 15.9. The minimum absolute atomic E-state index is 0.0748. The van der Waals surface area contributed by atoms with Crippen molar-refractivity contribution in [2.24, 2.45) is 10.8 Å². The van der Waals surface area contributed by atoms with Gasteiger partial charge in [-0.05, 0) is 19.3 Å². The van der Waals surface area contributed by atoms with Crippen LogP contribution in [0.1, 0.15) is 34.6 Å². The van der Waals surface area contributed by atoms with Crippen LogP contribution >= 0.6 is 0 Å². The fourth-order valence-corrected chi connectivity index (χ4v) is 2.10. The second-order valence-electron chi connectivity index (χ2n) is 6.47. The quantitative estimate of drug-likeness (QED) is 0.737. The highest BCUT2D eigenvalue weighted by molar-refractivity contribution is 7.85. The third-order valence-electron chi connectivity index (χ3n) is 3.53. The van der Waals surface area contributed by atoms with Crippen LogP contribution in [0, 0.1) is 10.8 Å². The van der Waals surface area contributed by atoms with Crippen molar-refractivity contribution in [3.8, 4) is 0 Å². The predicted molar refractivity (Wildman–Crippen MR) is 68.7 cm³/mol. The summed E-state index contributed by atoms with van der Waals surface area (Å²) in [6, 6.07) is 0. The Labute approximate surface area is 110 Å². The zero-order chi connectivity index (χ0) is 14.2. The number of rotatable bonds is 3. The molecule has 0 unspecified atom stereocenters. The molecule has 0 aromatic carbocycles. The highest BCUT2D eigenvalue weighted by Gasteiger charge is 2.48. The first-order chi connectivity index (χ1) is 7.87. The molecule has 6 heteroatoms. The molecule has 1 heterocycles. The zero-order valence-corrected chi connectivity index (χ0v) is 12.9. The Hall–Kier alpha value is -0.170. The molecule has 0 aromatic heterocycles. The van der Waals surface area contributed by atoms with Crippen LogP contribution in [0.15, 0.2) is 0 Å². The van der Waals surface area contributed by atoms with Gasteiger partial charge in [0.15, 0.2) is 5.79 Å². The normalized spacial score (nSPS) is 23.9. The molecule has 0 N–H and O–H groups in total. The lowest BCUT2D eigenvalue weighted by Gasteiger charge is -2.49. The van der Waals surface area contributed by atoms with Crippen molar-refractivity contribution in [1.29, 1.82) is 0 Å². The summed E-state index contributed by atoms with van der Waals surface area (Å²) in [5.41, 5.74) is -0.653. The Balaban J connectivity index is 2.86. The van der Waals surface area contributed by atoms with Gasteiger partial charge in [-0.25, -0.2) is 0 Å². The van der Waals surface area contributed by atoms with E-state index in [9.17, 15) is 8.42 Å². The fraction of sp³-hybridized carbons (Fsp3) is 1.00. The maximum Gasteiger partial charge on any atom is 0.264 e. The molecule has 0 aliphatic carbocycles. The molecule has 0 radical (unpaired) electrons. The summed E-state index contributed by atoms with van der Waals surface area (Å²) in [4.78, 5) is 0. The van der Waals surface area contributed by atoms with Gasteiger partial charge in [0.2, 0.25) is 0 Å². The second-order valence-corrected chi connectivity index (χ2v) is 8.12. The first-order valence-corrected chi connectivity index (χ1v) is 7.81.